The molecule has 0 amide bonds. The molecule has 1 fully saturated rings. The molecule has 106 valence electrons. The first kappa shape index (κ1) is 12.7. The third-order valence-corrected chi connectivity index (χ3v) is 3.12. The number of ether oxygens (including phenoxy) is 2. The van der Waals surface area contributed by atoms with Crippen molar-refractivity contribution >= 4 is 17.1 Å². The van der Waals surface area contributed by atoms with E-state index in [0.717, 1.165) is 0 Å². The minimum Gasteiger partial charge on any atom is -0.479 e. The molecule has 2 aromatic heterocycles. The first-order valence-electron chi connectivity index (χ1n) is 5.85. The topological polar surface area (TPSA) is 99.4 Å². The van der Waals surface area contributed by atoms with Crippen LogP contribution in [0.3, 0.4) is 0 Å². The number of methoxy groups -OCH3 is 1. The van der Waals surface area contributed by atoms with Crippen LogP contribution in [0.25, 0.3) is 11.2 Å². The first-order chi connectivity index (χ1) is 9.61. The number of hydrogen-bond donors (Lipinski definition) is 1. The van der Waals surface area contributed by atoms with Crippen molar-refractivity contribution in [2.24, 2.45) is 0 Å². The summed E-state index contributed by atoms with van der Waals surface area (Å²) in [6.45, 7) is 0. The van der Waals surface area contributed by atoms with Gasteiger partial charge in [-0.05, 0) is 0 Å². The Morgan fingerprint density at radius 3 is 3.00 bits per heavy atom. The summed E-state index contributed by atoms with van der Waals surface area (Å²) in [6.07, 6.45) is -1.30. The number of carbonyl (C=O) groups is 1. The summed E-state index contributed by atoms with van der Waals surface area (Å²) in [5.74, 6) is -0.927. The third kappa shape index (κ3) is 1.86. The Labute approximate surface area is 112 Å². The summed E-state index contributed by atoms with van der Waals surface area (Å²) < 4.78 is 25.6. The number of carboxylic acids is 1. The number of aliphatic carboxylic acids is 1. The highest BCUT2D eigenvalue weighted by Crippen LogP contribution is 2.34. The fourth-order valence-electron chi connectivity index (χ4n) is 2.19. The van der Waals surface area contributed by atoms with Gasteiger partial charge in [-0.15, -0.1) is 0 Å². The van der Waals surface area contributed by atoms with Crippen molar-refractivity contribution in [2.75, 3.05) is 7.11 Å². The Bertz CT molecular complexity index is 661. The highest BCUT2D eigenvalue weighted by atomic mass is 19.1. The Kier molecular flexibility index (Phi) is 2.97. The van der Waals surface area contributed by atoms with Crippen LogP contribution in [0.4, 0.5) is 4.39 Å². The van der Waals surface area contributed by atoms with Crippen LogP contribution in [-0.4, -0.2) is 50.0 Å². The lowest BCUT2D eigenvalue weighted by Crippen LogP contribution is -2.20. The van der Waals surface area contributed by atoms with E-state index in [9.17, 15) is 9.18 Å². The summed E-state index contributed by atoms with van der Waals surface area (Å²) in [4.78, 5) is 22.8. The molecule has 0 saturated carbocycles. The Balaban J connectivity index is 2.01. The van der Waals surface area contributed by atoms with E-state index in [1.54, 1.807) is 0 Å². The van der Waals surface area contributed by atoms with Gasteiger partial charge in [-0.25, -0.2) is 19.2 Å². The van der Waals surface area contributed by atoms with Gasteiger partial charge in [0.25, 0.3) is 0 Å². The van der Waals surface area contributed by atoms with Crippen LogP contribution >= 0.6 is 0 Å². The van der Waals surface area contributed by atoms with Gasteiger partial charge in [0.05, 0.1) is 13.4 Å². The highest BCUT2D eigenvalue weighted by molar-refractivity contribution is 5.76. The number of fused-ring (bicyclic) bond motifs is 1. The van der Waals surface area contributed by atoms with E-state index in [1.807, 2.05) is 0 Å². The van der Waals surface area contributed by atoms with Gasteiger partial charge >= 0.3 is 5.97 Å². The SMILES string of the molecule is COc1ncnc2c1ncn2[C@@H]1O[C@H](C(=O)O)C[C@@H]1F. The molecule has 0 spiro atoms. The largest absolute Gasteiger partial charge is 0.479 e. The zero-order chi connectivity index (χ0) is 14.3. The molecule has 1 N–H and O–H groups in total. The van der Waals surface area contributed by atoms with Gasteiger partial charge in [0.15, 0.2) is 23.5 Å². The number of aromatic nitrogens is 4. The van der Waals surface area contributed by atoms with Crippen LogP contribution in [0.15, 0.2) is 12.7 Å². The smallest absolute Gasteiger partial charge is 0.333 e. The lowest BCUT2D eigenvalue weighted by Gasteiger charge is -2.14. The second kappa shape index (κ2) is 4.67. The predicted molar refractivity (Wildman–Crippen MR) is 62.9 cm³/mol. The van der Waals surface area contributed by atoms with Crippen LogP contribution in [0.5, 0.6) is 5.88 Å². The number of imidazole rings is 1. The normalized spacial score (nSPS) is 26.0. The molecule has 3 heterocycles. The van der Waals surface area contributed by atoms with E-state index in [1.165, 1.54) is 24.3 Å². The average molecular weight is 282 g/mol. The average Bonchev–Trinajstić information content (AvgIpc) is 3.01. The molecule has 3 rings (SSSR count). The Hall–Kier alpha value is -2.29. The number of hydrogen-bond acceptors (Lipinski definition) is 6. The molecule has 0 aromatic carbocycles. The summed E-state index contributed by atoms with van der Waals surface area (Å²) in [7, 11) is 1.44. The maximum atomic E-state index is 14.0. The van der Waals surface area contributed by atoms with Crippen molar-refractivity contribution in [3.63, 3.8) is 0 Å². The van der Waals surface area contributed by atoms with E-state index in [0.29, 0.717) is 11.2 Å². The van der Waals surface area contributed by atoms with Crippen molar-refractivity contribution in [1.82, 2.24) is 19.5 Å². The van der Waals surface area contributed by atoms with Gasteiger partial charge in [-0.1, -0.05) is 0 Å². The van der Waals surface area contributed by atoms with Gasteiger partial charge in [0, 0.05) is 6.42 Å². The molecule has 0 radical (unpaired) electrons. The fourth-order valence-corrected chi connectivity index (χ4v) is 2.19. The van der Waals surface area contributed by atoms with Gasteiger partial charge in [0.2, 0.25) is 5.88 Å². The Morgan fingerprint density at radius 1 is 1.55 bits per heavy atom. The van der Waals surface area contributed by atoms with E-state index in [4.69, 9.17) is 14.6 Å². The van der Waals surface area contributed by atoms with Crippen LogP contribution in [0.2, 0.25) is 0 Å². The Morgan fingerprint density at radius 2 is 2.35 bits per heavy atom. The van der Waals surface area contributed by atoms with E-state index in [2.05, 4.69) is 15.0 Å². The minimum absolute atomic E-state index is 0.206. The minimum atomic E-state index is -1.45. The van der Waals surface area contributed by atoms with Crippen LogP contribution in [-0.2, 0) is 9.53 Å². The molecular formula is C11H11FN4O4. The zero-order valence-electron chi connectivity index (χ0n) is 10.4. The molecule has 1 aliphatic rings. The molecule has 0 unspecified atom stereocenters. The molecule has 0 aliphatic carbocycles. The third-order valence-electron chi connectivity index (χ3n) is 3.12. The van der Waals surface area contributed by atoms with E-state index < -0.39 is 24.5 Å². The van der Waals surface area contributed by atoms with Crippen LogP contribution < -0.4 is 4.74 Å². The molecule has 0 bridgehead atoms. The molecule has 1 aliphatic heterocycles. The second-order valence-electron chi connectivity index (χ2n) is 4.31. The lowest BCUT2D eigenvalue weighted by atomic mass is 10.2. The maximum Gasteiger partial charge on any atom is 0.333 e. The van der Waals surface area contributed by atoms with E-state index >= 15 is 0 Å². The molecule has 9 heteroatoms. The monoisotopic (exact) mass is 282 g/mol. The molecule has 8 nitrogen and oxygen atoms in total. The first-order valence-corrected chi connectivity index (χ1v) is 5.85. The van der Waals surface area contributed by atoms with Crippen molar-refractivity contribution in [1.29, 1.82) is 0 Å². The highest BCUT2D eigenvalue weighted by Gasteiger charge is 2.41. The van der Waals surface area contributed by atoms with Crippen LogP contribution in [0.1, 0.15) is 12.6 Å². The zero-order valence-corrected chi connectivity index (χ0v) is 10.4. The standard InChI is InChI=1S/C11H11FN4O4/c1-19-9-7-8(13-3-14-9)16(4-15-7)10-5(12)2-6(20-10)11(17)18/h3-6,10H,2H2,1H3,(H,17,18)/t5-,6-,10+/m0/s1. The second-order valence-corrected chi connectivity index (χ2v) is 4.31. The van der Waals surface area contributed by atoms with Gasteiger partial charge in [-0.3, -0.25) is 4.57 Å². The predicted octanol–water partition coefficient (Wildman–Crippen LogP) is 0.545. The van der Waals surface area contributed by atoms with E-state index in [-0.39, 0.29) is 12.3 Å². The molecule has 20 heavy (non-hydrogen) atoms. The summed E-state index contributed by atoms with van der Waals surface area (Å²) in [5, 5.41) is 8.88. The number of alkyl halides is 1. The number of carboxylic acid groups (broad SMARTS) is 1. The molecule has 1 saturated heterocycles. The van der Waals surface area contributed by atoms with Crippen molar-refractivity contribution in [3.8, 4) is 5.88 Å². The quantitative estimate of drug-likeness (QED) is 0.877. The van der Waals surface area contributed by atoms with Gasteiger partial charge in [0.1, 0.15) is 12.5 Å². The van der Waals surface area contributed by atoms with Gasteiger partial charge < -0.3 is 14.6 Å². The maximum absolute atomic E-state index is 14.0. The fraction of sp³-hybridized carbons (Fsp3) is 0.455. The summed E-state index contributed by atoms with van der Waals surface area (Å²) in [5.41, 5.74) is 0.695. The molecule has 2 aromatic rings. The van der Waals surface area contributed by atoms with Crippen molar-refractivity contribution in [3.05, 3.63) is 12.7 Å². The van der Waals surface area contributed by atoms with Crippen molar-refractivity contribution < 1.29 is 23.8 Å². The lowest BCUT2D eigenvalue weighted by molar-refractivity contribution is -0.151. The summed E-state index contributed by atoms with van der Waals surface area (Å²) in [6, 6.07) is 0. The summed E-state index contributed by atoms with van der Waals surface area (Å²) >= 11 is 0. The van der Waals surface area contributed by atoms with Crippen molar-refractivity contribution in [2.45, 2.75) is 24.9 Å². The number of rotatable bonds is 3. The van der Waals surface area contributed by atoms with Crippen LogP contribution in [0, 0.1) is 0 Å². The molecule has 3 atom stereocenters. The van der Waals surface area contributed by atoms with Gasteiger partial charge in [-0.2, -0.15) is 4.98 Å². The number of nitrogens with zero attached hydrogens (tertiary/aromatic N) is 4. The molecular weight excluding hydrogens is 271 g/mol. The number of halogens is 1.